The first-order valence-corrected chi connectivity index (χ1v) is 26.9. The zero-order chi connectivity index (χ0) is 52.3. The molecule has 0 aromatic heterocycles. The van der Waals surface area contributed by atoms with E-state index in [-0.39, 0.29) is 25.2 Å². The van der Waals surface area contributed by atoms with Crippen LogP contribution in [0, 0.1) is 0 Å². The summed E-state index contributed by atoms with van der Waals surface area (Å²) >= 11 is 4.46. The lowest BCUT2D eigenvalue weighted by Crippen LogP contribution is -2.64. The fraction of sp³-hybridized carbons (Fsp3) is 0.863. The molecule has 1 aliphatic heterocycles. The Morgan fingerprint density at radius 2 is 1.20 bits per heavy atom. The number of nitrogens with two attached hydrogens (primary N) is 1. The molecule has 4 amide bonds. The first-order chi connectivity index (χ1) is 33.4. The minimum atomic E-state index is -1.61. The van der Waals surface area contributed by atoms with Crippen molar-refractivity contribution in [3.63, 3.8) is 0 Å². The van der Waals surface area contributed by atoms with Crippen LogP contribution >= 0.6 is 12.6 Å². The van der Waals surface area contributed by atoms with Crippen LogP contribution < -0.4 is 21.7 Å². The third-order valence-corrected chi connectivity index (χ3v) is 12.9. The number of aliphatic carboxylic acids is 1. The number of aliphatic hydroxyl groups is 1. The van der Waals surface area contributed by atoms with Gasteiger partial charge in [-0.25, -0.2) is 0 Å². The van der Waals surface area contributed by atoms with E-state index >= 15 is 0 Å². The number of carboxylic acids is 1. The zero-order valence-electron chi connectivity index (χ0n) is 43.8. The van der Waals surface area contributed by atoms with Crippen LogP contribution in [0.15, 0.2) is 0 Å². The van der Waals surface area contributed by atoms with E-state index in [2.05, 4.69) is 37.1 Å². The zero-order valence-corrected chi connectivity index (χ0v) is 43.7. The number of nitrogens with one attached hydrogen (secondary N) is 3. The molecule has 9 atom stereocenters. The average Bonchev–Trinajstić information content (AvgIpc) is 3.31. The maximum absolute atomic E-state index is 13.4. The van der Waals surface area contributed by atoms with Crippen LogP contribution in [0.3, 0.4) is 0 Å². The van der Waals surface area contributed by atoms with Gasteiger partial charge in [-0.3, -0.25) is 33.6 Å². The van der Waals surface area contributed by atoms with E-state index in [9.17, 15) is 38.7 Å². The Morgan fingerprint density at radius 1 is 0.710 bits per heavy atom. The molecule has 0 unspecified atom stereocenters. The monoisotopic (exact) mass is 1000 g/mol. The smallest absolute Gasteiger partial charge is 0.309 e. The van der Waals surface area contributed by atoms with Gasteiger partial charge >= 0.3 is 17.9 Å². The molecule has 0 aromatic rings. The summed E-state index contributed by atoms with van der Waals surface area (Å²) in [6.07, 6.45) is 21.4. The largest absolute Gasteiger partial charge is 0.481 e. The predicted molar refractivity (Wildman–Crippen MR) is 268 cm³/mol. The van der Waals surface area contributed by atoms with Crippen molar-refractivity contribution < 1.29 is 64.1 Å². The lowest BCUT2D eigenvalue weighted by molar-refractivity contribution is -0.204. The van der Waals surface area contributed by atoms with Gasteiger partial charge in [0.05, 0.1) is 12.5 Å². The molecular weight excluding hydrogens is 909 g/mol. The lowest BCUT2D eigenvalue weighted by atomic mass is 9.97. The van der Waals surface area contributed by atoms with Crippen molar-refractivity contribution in [2.75, 3.05) is 6.61 Å². The summed E-state index contributed by atoms with van der Waals surface area (Å²) < 4.78 is 31.6. The number of thiol groups is 1. The molecule has 0 radical (unpaired) electrons. The number of carbonyl (C=O) groups is 7. The molecule has 69 heavy (non-hydrogen) atoms. The number of rotatable bonds is 42. The molecule has 400 valence electrons. The maximum Gasteiger partial charge on any atom is 0.309 e. The molecule has 1 saturated heterocycles. The Kier molecular flexibility index (Phi) is 35.0. The maximum atomic E-state index is 13.4. The molecule has 0 spiro atoms. The highest BCUT2D eigenvalue weighted by Gasteiger charge is 2.47. The summed E-state index contributed by atoms with van der Waals surface area (Å²) in [6.45, 7) is 7.65. The molecule has 18 heteroatoms. The average molecular weight is 1000 g/mol. The molecule has 17 nitrogen and oxygen atoms in total. The van der Waals surface area contributed by atoms with Crippen LogP contribution in [-0.2, 0) is 52.5 Å². The van der Waals surface area contributed by atoms with Crippen molar-refractivity contribution in [1.29, 1.82) is 0 Å². The molecule has 0 bridgehead atoms. The Labute approximate surface area is 420 Å². The van der Waals surface area contributed by atoms with Crippen molar-refractivity contribution in [1.82, 2.24) is 15.9 Å². The molecule has 1 aliphatic rings. The second-order valence-electron chi connectivity index (χ2n) is 18.9. The molecule has 1 heterocycles. The SMILES string of the molecule is [2H]N(C(=O)[C@@H](C)O[C@H]1[C@H](O)[C@@H](COC(=O)C[C@@H](CCCCCCCCCCCCC)OC(=O)CCCCCCCCCCCCCCC)O[C@@H](S)[C@@H]1NC(C)=O)[C@@H](C)C(=O)N[C@@H](CCC(=O)O)C(N)=O. The first-order valence-electron chi connectivity index (χ1n) is 26.8. The highest BCUT2D eigenvalue weighted by Crippen LogP contribution is 2.28. The summed E-state index contributed by atoms with van der Waals surface area (Å²) in [4.78, 5) is 87.7. The van der Waals surface area contributed by atoms with Crippen molar-refractivity contribution in [2.45, 2.75) is 275 Å². The summed E-state index contributed by atoms with van der Waals surface area (Å²) in [5, 5.41) is 25.6. The molecule has 1 rings (SSSR count). The van der Waals surface area contributed by atoms with E-state index in [1.807, 2.05) is 0 Å². The Balaban J connectivity index is 2.88. The van der Waals surface area contributed by atoms with Gasteiger partial charge in [-0.05, 0) is 39.5 Å². The minimum Gasteiger partial charge on any atom is -0.481 e. The van der Waals surface area contributed by atoms with Crippen LogP contribution in [0.4, 0.5) is 0 Å². The standard InChI is InChI=1S/C51H92N4O13S/c1-6-8-10-12-14-16-18-19-21-23-25-27-29-31-43(59)67-39(30-28-26-24-22-20-17-15-13-11-9-7-2)34-44(60)65-35-41-46(61)47(45(51(69)68-41)54-38(5)56)66-37(4)50(64)53-36(3)49(63)55-40(48(52)62)32-33-42(57)58/h36-37,39-41,45-47,51,61,69H,6-35H2,1-5H3,(H2,52,62)(H,53,64)(H,54,56)(H,55,63)(H,57,58)/t36-,37+,39+,40-,41+,45+,46+,47+,51-/m0/s1/i/hD. The van der Waals surface area contributed by atoms with Crippen LogP contribution in [0.25, 0.3) is 0 Å². The van der Waals surface area contributed by atoms with E-state index in [0.717, 1.165) is 44.9 Å². The Morgan fingerprint density at radius 3 is 1.68 bits per heavy atom. The summed E-state index contributed by atoms with van der Waals surface area (Å²) in [5.41, 5.74) is 4.18. The third-order valence-electron chi connectivity index (χ3n) is 12.5. The van der Waals surface area contributed by atoms with Crippen molar-refractivity contribution in [3.05, 3.63) is 0 Å². The molecule has 0 aromatic carbocycles. The minimum absolute atomic E-state index is 0.208. The van der Waals surface area contributed by atoms with Gasteiger partial charge in [-0.1, -0.05) is 155 Å². The van der Waals surface area contributed by atoms with Gasteiger partial charge in [0.2, 0.25) is 23.6 Å². The normalized spacial score (nSPS) is 19.9. The highest BCUT2D eigenvalue weighted by molar-refractivity contribution is 7.80. The lowest BCUT2D eigenvalue weighted by Gasteiger charge is -2.43. The number of hydrogen-bond acceptors (Lipinski definition) is 13. The summed E-state index contributed by atoms with van der Waals surface area (Å²) in [7, 11) is 0. The number of ether oxygens (including phenoxy) is 4. The topological polar surface area (TPSA) is 259 Å². The highest BCUT2D eigenvalue weighted by atomic mass is 32.1. The second kappa shape index (κ2) is 39.2. The Bertz CT molecular complexity index is 1510. The fourth-order valence-electron chi connectivity index (χ4n) is 8.31. The number of amides is 4. The van der Waals surface area contributed by atoms with Gasteiger partial charge in [0.15, 0.2) is 1.41 Å². The number of primary amides is 1. The van der Waals surface area contributed by atoms with Gasteiger partial charge in [0.25, 0.3) is 0 Å². The molecular formula is C51H92N4O13S. The van der Waals surface area contributed by atoms with Gasteiger partial charge in [0, 0.05) is 19.8 Å². The Hall–Kier alpha value is -3.48. The number of unbranched alkanes of at least 4 members (excludes halogenated alkanes) is 22. The molecule has 0 aliphatic carbocycles. The number of esters is 2. The number of aliphatic hydroxyl groups excluding tert-OH is 1. The van der Waals surface area contributed by atoms with Gasteiger partial charge < -0.3 is 50.8 Å². The molecule has 0 saturated carbocycles. The van der Waals surface area contributed by atoms with Crippen molar-refractivity contribution >= 4 is 54.2 Å². The van der Waals surface area contributed by atoms with E-state index in [1.54, 1.807) is 0 Å². The number of hydrogen-bond donors (Lipinski definition) is 7. The number of carboxylic acid groups (broad SMARTS) is 1. The predicted octanol–water partition coefficient (Wildman–Crippen LogP) is 7.65. The van der Waals surface area contributed by atoms with Crippen molar-refractivity contribution in [2.24, 2.45) is 5.73 Å². The fourth-order valence-corrected chi connectivity index (χ4v) is 8.71. The molecule has 7 N–H and O–H groups in total. The second-order valence-corrected chi connectivity index (χ2v) is 19.4. The molecule has 1 fully saturated rings. The van der Waals surface area contributed by atoms with E-state index in [4.69, 9.17) is 31.2 Å². The van der Waals surface area contributed by atoms with Gasteiger partial charge in [-0.2, -0.15) is 0 Å². The quantitative estimate of drug-likeness (QED) is 0.0176. The van der Waals surface area contributed by atoms with Crippen LogP contribution in [0.1, 0.15) is 221 Å². The van der Waals surface area contributed by atoms with Crippen LogP contribution in [0.5, 0.6) is 0 Å². The van der Waals surface area contributed by atoms with Crippen molar-refractivity contribution in [3.8, 4) is 0 Å². The number of carbonyl (C=O) groups excluding carboxylic acids is 6. The summed E-state index contributed by atoms with van der Waals surface area (Å²) in [6, 6.07) is -4.00. The summed E-state index contributed by atoms with van der Waals surface area (Å²) in [5.74, 6) is -5.81. The van der Waals surface area contributed by atoms with E-state index < -0.39 is 103 Å². The van der Waals surface area contributed by atoms with Gasteiger partial charge in [-0.15, -0.1) is 12.6 Å². The van der Waals surface area contributed by atoms with Gasteiger partial charge in [0.1, 0.15) is 54.6 Å². The van der Waals surface area contributed by atoms with E-state index in [0.29, 0.717) is 18.2 Å². The van der Waals surface area contributed by atoms with E-state index in [1.165, 1.54) is 124 Å². The van der Waals surface area contributed by atoms with Crippen LogP contribution in [-0.4, -0.2) is 112 Å². The third kappa shape index (κ3) is 30.8. The van der Waals surface area contributed by atoms with Crippen LogP contribution in [0.2, 0.25) is 1.41 Å². The first kappa shape index (κ1) is 61.6.